The van der Waals surface area contributed by atoms with Crippen molar-refractivity contribution in [1.29, 1.82) is 0 Å². The number of nitrogen functional groups attached to an aromatic ring is 1. The van der Waals surface area contributed by atoms with Crippen molar-refractivity contribution in [2.24, 2.45) is 0 Å². The van der Waals surface area contributed by atoms with Crippen LogP contribution >= 0.6 is 0 Å². The fourth-order valence-electron chi connectivity index (χ4n) is 2.55. The van der Waals surface area contributed by atoms with E-state index in [2.05, 4.69) is 23.8 Å². The van der Waals surface area contributed by atoms with Gasteiger partial charge in [0.25, 0.3) is 0 Å². The van der Waals surface area contributed by atoms with Crippen molar-refractivity contribution in [2.75, 3.05) is 37.3 Å². The van der Waals surface area contributed by atoms with Crippen molar-refractivity contribution in [3.05, 3.63) is 23.8 Å². The van der Waals surface area contributed by atoms with Crippen LogP contribution in [-0.4, -0.2) is 48.7 Å². The van der Waals surface area contributed by atoms with Gasteiger partial charge in [-0.15, -0.1) is 0 Å². The Morgan fingerprint density at radius 2 is 2.21 bits per heavy atom. The van der Waals surface area contributed by atoms with E-state index in [-0.39, 0.29) is 5.56 Å². The molecule has 3 N–H and O–H groups in total. The predicted octanol–water partition coefficient (Wildman–Crippen LogP) is 1.50. The molecule has 5 heteroatoms. The molecule has 1 aromatic rings. The lowest BCUT2D eigenvalue weighted by atomic mass is 10.1. The van der Waals surface area contributed by atoms with Crippen LogP contribution in [0.4, 0.5) is 11.4 Å². The Morgan fingerprint density at radius 1 is 1.47 bits per heavy atom. The van der Waals surface area contributed by atoms with Crippen LogP contribution in [-0.2, 0) is 0 Å². The number of rotatable bonds is 3. The Kier molecular flexibility index (Phi) is 3.95. The lowest BCUT2D eigenvalue weighted by Gasteiger charge is -2.40. The minimum atomic E-state index is -0.972. The molecule has 0 bridgehead atoms. The zero-order valence-electron chi connectivity index (χ0n) is 11.5. The zero-order valence-corrected chi connectivity index (χ0v) is 11.5. The van der Waals surface area contributed by atoms with Gasteiger partial charge in [0.2, 0.25) is 0 Å². The molecule has 0 amide bonds. The van der Waals surface area contributed by atoms with Crippen LogP contribution in [0.25, 0.3) is 0 Å². The van der Waals surface area contributed by atoms with Gasteiger partial charge in [0.05, 0.1) is 5.56 Å². The second-order valence-corrected chi connectivity index (χ2v) is 5.07. The Labute approximate surface area is 113 Å². The summed E-state index contributed by atoms with van der Waals surface area (Å²) in [6.45, 7) is 5.01. The van der Waals surface area contributed by atoms with Gasteiger partial charge >= 0.3 is 5.97 Å². The normalized spacial score (nSPS) is 20.5. The van der Waals surface area contributed by atoms with E-state index in [1.165, 1.54) is 0 Å². The third kappa shape index (κ3) is 2.81. The molecular formula is C14H21N3O2. The highest BCUT2D eigenvalue weighted by atomic mass is 16.4. The maximum absolute atomic E-state index is 11.1. The third-order valence-corrected chi connectivity index (χ3v) is 3.88. The molecule has 1 aliphatic heterocycles. The molecule has 1 atom stereocenters. The first-order chi connectivity index (χ1) is 9.02. The molecule has 1 fully saturated rings. The molecule has 5 nitrogen and oxygen atoms in total. The Balaban J connectivity index is 2.22. The van der Waals surface area contributed by atoms with Crippen molar-refractivity contribution < 1.29 is 9.90 Å². The average Bonchev–Trinajstić information content (AvgIpc) is 2.39. The summed E-state index contributed by atoms with van der Waals surface area (Å²) < 4.78 is 0. The van der Waals surface area contributed by atoms with Crippen molar-refractivity contribution in [3.8, 4) is 0 Å². The van der Waals surface area contributed by atoms with Crippen LogP contribution in [0, 0.1) is 0 Å². The number of carbonyl (C=O) groups is 1. The topological polar surface area (TPSA) is 69.8 Å². The smallest absolute Gasteiger partial charge is 0.337 e. The van der Waals surface area contributed by atoms with Gasteiger partial charge in [-0.1, -0.05) is 6.92 Å². The summed E-state index contributed by atoms with van der Waals surface area (Å²) in [5.41, 5.74) is 7.13. The van der Waals surface area contributed by atoms with Gasteiger partial charge in [-0.2, -0.15) is 0 Å². The number of hydrogen-bond donors (Lipinski definition) is 2. The van der Waals surface area contributed by atoms with E-state index in [1.807, 2.05) is 6.07 Å². The summed E-state index contributed by atoms with van der Waals surface area (Å²) >= 11 is 0. The highest BCUT2D eigenvalue weighted by Crippen LogP contribution is 2.24. The average molecular weight is 263 g/mol. The molecule has 0 saturated carbocycles. The van der Waals surface area contributed by atoms with Crippen molar-refractivity contribution in [2.45, 2.75) is 19.4 Å². The maximum atomic E-state index is 11.1. The van der Waals surface area contributed by atoms with Crippen LogP contribution in [0.15, 0.2) is 18.2 Å². The predicted molar refractivity (Wildman–Crippen MR) is 76.7 cm³/mol. The molecule has 1 saturated heterocycles. The molecule has 1 aliphatic rings. The van der Waals surface area contributed by atoms with E-state index in [4.69, 9.17) is 10.8 Å². The summed E-state index contributed by atoms with van der Waals surface area (Å²) in [7, 11) is 2.14. The number of benzene rings is 1. The van der Waals surface area contributed by atoms with Crippen LogP contribution < -0.4 is 10.6 Å². The molecule has 0 aromatic heterocycles. The molecule has 104 valence electrons. The largest absolute Gasteiger partial charge is 0.478 e. The zero-order chi connectivity index (χ0) is 14.0. The summed E-state index contributed by atoms with van der Waals surface area (Å²) in [6.07, 6.45) is 1.09. The molecule has 1 heterocycles. The highest BCUT2D eigenvalue weighted by Gasteiger charge is 2.23. The van der Waals surface area contributed by atoms with Crippen LogP contribution in [0.3, 0.4) is 0 Å². The lowest BCUT2D eigenvalue weighted by Crippen LogP contribution is -2.51. The van der Waals surface area contributed by atoms with E-state index in [0.29, 0.717) is 11.7 Å². The lowest BCUT2D eigenvalue weighted by molar-refractivity contribution is 0.0698. The minimum Gasteiger partial charge on any atom is -0.478 e. The Bertz CT molecular complexity index is 476. The van der Waals surface area contributed by atoms with Crippen molar-refractivity contribution >= 4 is 17.3 Å². The first kappa shape index (κ1) is 13.7. The first-order valence-electron chi connectivity index (χ1n) is 6.61. The van der Waals surface area contributed by atoms with Gasteiger partial charge in [0.1, 0.15) is 0 Å². The van der Waals surface area contributed by atoms with Gasteiger partial charge < -0.3 is 15.7 Å². The number of likely N-dealkylation sites (N-methyl/N-ethyl adjacent to an activating group) is 1. The van der Waals surface area contributed by atoms with E-state index >= 15 is 0 Å². The second-order valence-electron chi connectivity index (χ2n) is 5.07. The number of aromatic carboxylic acids is 1. The summed E-state index contributed by atoms with van der Waals surface area (Å²) in [5.74, 6) is -0.972. The van der Waals surface area contributed by atoms with E-state index in [9.17, 15) is 4.79 Å². The van der Waals surface area contributed by atoms with Gasteiger partial charge in [-0.05, 0) is 31.7 Å². The molecule has 2 rings (SSSR count). The fraction of sp³-hybridized carbons (Fsp3) is 0.500. The van der Waals surface area contributed by atoms with Gasteiger partial charge in [0.15, 0.2) is 0 Å². The van der Waals surface area contributed by atoms with Crippen molar-refractivity contribution in [3.63, 3.8) is 0 Å². The molecule has 0 radical (unpaired) electrons. The number of nitrogens with zero attached hydrogens (tertiary/aromatic N) is 2. The molecule has 0 spiro atoms. The number of piperazine rings is 1. The molecule has 19 heavy (non-hydrogen) atoms. The van der Waals surface area contributed by atoms with Gasteiger partial charge in [-0.25, -0.2) is 4.79 Å². The Hall–Kier alpha value is -1.75. The maximum Gasteiger partial charge on any atom is 0.337 e. The second kappa shape index (κ2) is 5.48. The van der Waals surface area contributed by atoms with E-state index < -0.39 is 5.97 Å². The molecule has 1 aromatic carbocycles. The monoisotopic (exact) mass is 263 g/mol. The third-order valence-electron chi connectivity index (χ3n) is 3.88. The van der Waals surface area contributed by atoms with E-state index in [1.54, 1.807) is 12.1 Å². The number of hydrogen-bond acceptors (Lipinski definition) is 4. The summed E-state index contributed by atoms with van der Waals surface area (Å²) in [4.78, 5) is 15.7. The quantitative estimate of drug-likeness (QED) is 0.809. The van der Waals surface area contributed by atoms with E-state index in [0.717, 1.165) is 31.7 Å². The summed E-state index contributed by atoms with van der Waals surface area (Å²) in [6, 6.07) is 5.77. The number of carboxylic acid groups (broad SMARTS) is 1. The highest BCUT2D eigenvalue weighted by molar-refractivity contribution is 5.94. The van der Waals surface area contributed by atoms with Crippen LogP contribution in [0.1, 0.15) is 23.7 Å². The standard InChI is InChI=1S/C14H21N3O2/c1-3-10-9-17(7-6-16(10)2)11-4-5-13(15)12(8-11)14(18)19/h4-5,8,10H,3,6-7,9,15H2,1-2H3,(H,18,19). The van der Waals surface area contributed by atoms with Crippen LogP contribution in [0.5, 0.6) is 0 Å². The van der Waals surface area contributed by atoms with Gasteiger partial charge in [-0.3, -0.25) is 4.90 Å². The molecule has 1 unspecified atom stereocenters. The number of anilines is 2. The summed E-state index contributed by atoms with van der Waals surface area (Å²) in [5, 5.41) is 9.12. The first-order valence-corrected chi connectivity index (χ1v) is 6.61. The SMILES string of the molecule is CCC1CN(c2ccc(N)c(C(=O)O)c2)CCN1C. The molecular weight excluding hydrogens is 242 g/mol. The Morgan fingerprint density at radius 3 is 2.84 bits per heavy atom. The van der Waals surface area contributed by atoms with Crippen LogP contribution in [0.2, 0.25) is 0 Å². The number of nitrogens with two attached hydrogens (primary N) is 1. The number of carboxylic acids is 1. The minimum absolute atomic E-state index is 0.185. The molecule has 0 aliphatic carbocycles. The van der Waals surface area contributed by atoms with Gasteiger partial charge in [0, 0.05) is 37.1 Å². The fourth-order valence-corrected chi connectivity index (χ4v) is 2.55. The van der Waals surface area contributed by atoms with Crippen molar-refractivity contribution in [1.82, 2.24) is 4.90 Å².